The zero-order chi connectivity index (χ0) is 63.5. The summed E-state index contributed by atoms with van der Waals surface area (Å²) in [6.45, 7) is -7.46. The van der Waals surface area contributed by atoms with Crippen molar-refractivity contribution in [3.8, 4) is 55.6 Å². The molecule has 0 aliphatic heterocycles. The number of hydrogen-bond donors (Lipinski definition) is 0. The van der Waals surface area contributed by atoms with Crippen molar-refractivity contribution >= 4 is 27.8 Å². The largest absolute Gasteiger partial charge is 0.310 e. The first-order valence-electron chi connectivity index (χ1n) is 32.1. The van der Waals surface area contributed by atoms with E-state index in [0.29, 0.717) is 4.90 Å². The summed E-state index contributed by atoms with van der Waals surface area (Å²) in [6.07, 6.45) is 0. The van der Waals surface area contributed by atoms with E-state index in [1.807, 2.05) is 0 Å². The van der Waals surface area contributed by atoms with Gasteiger partial charge in [-0.1, -0.05) is 189 Å². The summed E-state index contributed by atoms with van der Waals surface area (Å²) in [5, 5.41) is -0.782. The van der Waals surface area contributed by atoms with Crippen molar-refractivity contribution < 1.29 is 41.1 Å². The highest BCUT2D eigenvalue weighted by Crippen LogP contribution is 2.51. The van der Waals surface area contributed by atoms with Crippen LogP contribution in [-0.2, 0) is 5.41 Å². The molecule has 0 heterocycles. The van der Waals surface area contributed by atoms with Gasteiger partial charge in [0.05, 0.1) is 32.9 Å². The summed E-state index contributed by atoms with van der Waals surface area (Å²) < 4.78 is 274. The van der Waals surface area contributed by atoms with Crippen LogP contribution in [0.25, 0.3) is 66.4 Å². The van der Waals surface area contributed by atoms with Gasteiger partial charge in [0.15, 0.2) is 0 Å². The molecule has 0 spiro atoms. The van der Waals surface area contributed by atoms with Crippen molar-refractivity contribution in [3.63, 3.8) is 0 Å². The van der Waals surface area contributed by atoms with E-state index in [2.05, 4.69) is 0 Å². The smallest absolute Gasteiger partial charge is 0.0648 e. The minimum Gasteiger partial charge on any atom is -0.310 e. The molecule has 0 saturated carbocycles. The van der Waals surface area contributed by atoms with Gasteiger partial charge in [0, 0.05) is 30.7 Å². The molecule has 0 bridgehead atoms. The molecule has 0 N–H and O–H groups in total. The van der Waals surface area contributed by atoms with Crippen molar-refractivity contribution in [3.05, 3.63) is 223 Å². The number of anilines is 3. The predicted molar refractivity (Wildman–Crippen MR) is 238 cm³/mol. The van der Waals surface area contributed by atoms with E-state index in [9.17, 15) is 20.6 Å². The third kappa shape index (κ3) is 5.81. The Kier molecular flexibility index (Phi) is 3.58. The Labute approximate surface area is 372 Å². The van der Waals surface area contributed by atoms with Gasteiger partial charge in [-0.05, 0) is 114 Å². The molecule has 10 rings (SSSR count). The van der Waals surface area contributed by atoms with E-state index in [-0.39, 0.29) is 22.1 Å². The Bertz CT molecular complexity index is 4390. The number of nitrogens with zero attached hydrogens (tertiary/aromatic N) is 1. The molecule has 266 valence electrons. The van der Waals surface area contributed by atoms with Crippen LogP contribution < -0.4 is 4.90 Å². The van der Waals surface area contributed by atoms with Crippen LogP contribution >= 0.6 is 0 Å². The van der Waals surface area contributed by atoms with Gasteiger partial charge in [-0.2, -0.15) is 0 Å². The van der Waals surface area contributed by atoms with Crippen molar-refractivity contribution in [2.45, 2.75) is 19.1 Å². The zero-order valence-electron chi connectivity index (χ0n) is 58.8. The molecule has 0 saturated heterocycles. The lowest BCUT2D eigenvalue weighted by atomic mass is 9.82. The van der Waals surface area contributed by atoms with Gasteiger partial charge in [-0.3, -0.25) is 0 Å². The fraction of sp³-hybridized carbons (Fsp3) is 0.0545. The van der Waals surface area contributed by atoms with Crippen LogP contribution in [0.3, 0.4) is 0 Å². The molecule has 1 nitrogen and oxygen atoms in total. The van der Waals surface area contributed by atoms with Crippen molar-refractivity contribution in [1.82, 2.24) is 0 Å². The lowest BCUT2D eigenvalue weighted by Crippen LogP contribution is -2.16. The second-order valence-electron chi connectivity index (χ2n) is 12.6. The molecule has 0 amide bonds. The van der Waals surface area contributed by atoms with Crippen LogP contribution in [0.5, 0.6) is 0 Å². The maximum Gasteiger partial charge on any atom is 0.0648 e. The second kappa shape index (κ2) is 13.7. The lowest BCUT2D eigenvalue weighted by Gasteiger charge is -2.28. The lowest BCUT2D eigenvalue weighted by molar-refractivity contribution is 0.660. The maximum atomic E-state index is 10.1. The molecule has 9 aromatic carbocycles. The van der Waals surface area contributed by atoms with Crippen LogP contribution in [0.2, 0.25) is 0 Å². The van der Waals surface area contributed by atoms with E-state index >= 15 is 0 Å². The maximum absolute atomic E-state index is 10.1. The van der Waals surface area contributed by atoms with Crippen LogP contribution in [0.4, 0.5) is 17.1 Å². The summed E-state index contributed by atoms with van der Waals surface area (Å²) in [7, 11) is 0. The van der Waals surface area contributed by atoms with Gasteiger partial charge in [-0.15, -0.1) is 0 Å². The third-order valence-corrected chi connectivity index (χ3v) is 9.24. The topological polar surface area (TPSA) is 3.24 Å². The molecule has 0 unspecified atom stereocenters. The van der Waals surface area contributed by atoms with Gasteiger partial charge in [0.2, 0.25) is 0 Å². The van der Waals surface area contributed by atoms with E-state index in [0.717, 1.165) is 24.3 Å². The second-order valence-corrected chi connectivity index (χ2v) is 12.6. The fourth-order valence-electron chi connectivity index (χ4n) is 6.61. The summed E-state index contributed by atoms with van der Waals surface area (Å²) in [5.74, 6) is 0. The van der Waals surface area contributed by atoms with Crippen LogP contribution in [0, 0.1) is 0 Å². The molecule has 9 aromatic rings. The number of benzene rings is 9. The van der Waals surface area contributed by atoms with Crippen LogP contribution in [0.15, 0.2) is 212 Å². The van der Waals surface area contributed by atoms with Gasteiger partial charge < -0.3 is 4.90 Å². The van der Waals surface area contributed by atoms with E-state index in [1.54, 1.807) is 18.2 Å². The molecule has 0 radical (unpaired) electrons. The Balaban J connectivity index is 1.37. The minimum atomic E-state index is -3.73. The van der Waals surface area contributed by atoms with Gasteiger partial charge >= 0.3 is 0 Å². The average molecular weight is 746 g/mol. The third-order valence-electron chi connectivity index (χ3n) is 9.24. The standard InChI is InChI=1S/C55H41N/c1-55(2)52-20-12-11-19-50(52)51-36-34-47(37-53(51)55)56(45-30-25-41(26-31-45)39-15-7-4-8-16-39)46-32-27-43(28-33-46)49-35-29-42-17-9-10-18-48(42)54(49)44-23-21-40(22-24-44)38-13-5-3-6-14-38/h3-37H,1-2H3/i1D3,2D3,4D,7D,8D,9D,10D,15D,16D,17D,18D,20D,21D,22D,23D,24D,25D,26D,27D,30D,31D,32D,34D,35D,36D,37D. The van der Waals surface area contributed by atoms with Gasteiger partial charge in [-0.25, -0.2) is 0 Å². The molecule has 56 heavy (non-hydrogen) atoms. The first kappa shape index (κ1) is 14.6. The van der Waals surface area contributed by atoms with Gasteiger partial charge in [0.25, 0.3) is 0 Å². The molecular weight excluding hydrogens is 675 g/mol. The normalized spacial score (nSPS) is 20.6. The van der Waals surface area contributed by atoms with Crippen molar-refractivity contribution in [2.75, 3.05) is 4.90 Å². The molecule has 0 atom stereocenters. The monoisotopic (exact) mass is 746 g/mol. The molecule has 1 aliphatic rings. The minimum absolute atomic E-state index is 0.169. The number of fused-ring (bicyclic) bond motifs is 4. The summed E-state index contributed by atoms with van der Waals surface area (Å²) in [4.78, 5) is 0.498. The van der Waals surface area contributed by atoms with Crippen LogP contribution in [-0.4, -0.2) is 0 Å². The number of hydrogen-bond acceptors (Lipinski definition) is 1. The van der Waals surface area contributed by atoms with E-state index in [4.69, 9.17) is 20.6 Å². The first-order valence-corrected chi connectivity index (χ1v) is 17.1. The Hall–Kier alpha value is -6.96. The summed E-state index contributed by atoms with van der Waals surface area (Å²) in [5.41, 5.74) is -12.6. The Morgan fingerprint density at radius 3 is 1.89 bits per heavy atom. The van der Waals surface area contributed by atoms with Crippen LogP contribution in [0.1, 0.15) is 66.0 Å². The molecular formula is C55H41N. The Morgan fingerprint density at radius 1 is 0.411 bits per heavy atom. The van der Waals surface area contributed by atoms with E-state index in [1.165, 1.54) is 24.3 Å². The van der Waals surface area contributed by atoms with Crippen molar-refractivity contribution in [2.24, 2.45) is 0 Å². The quantitative estimate of drug-likeness (QED) is 0.157. The highest BCUT2D eigenvalue weighted by Gasteiger charge is 2.35. The van der Waals surface area contributed by atoms with E-state index < -0.39 is 237 Å². The molecule has 1 aliphatic carbocycles. The number of rotatable bonds is 7. The fourth-order valence-corrected chi connectivity index (χ4v) is 6.61. The van der Waals surface area contributed by atoms with Crippen molar-refractivity contribution in [1.29, 1.82) is 0 Å². The average Bonchev–Trinajstić information content (AvgIpc) is 1.49. The molecule has 0 fully saturated rings. The first-order chi connectivity index (χ1) is 40.0. The highest BCUT2D eigenvalue weighted by atomic mass is 15.1. The molecule has 1 heteroatoms. The molecule has 0 aromatic heterocycles. The summed E-state index contributed by atoms with van der Waals surface area (Å²) >= 11 is 0. The Morgan fingerprint density at radius 2 is 1.07 bits per heavy atom. The SMILES string of the molecule is [2H]c1cc2c([2H])c([2H])c([2H])c([2H])c2c(-c2c([2H])c([2H])c(-c3ccccc3)c([2H])c2[2H])c1-c1ccc(N(c2c([2H])c([2H])c(-c3c([2H])c([2H])c([2H])c([2H])c3[2H])c([2H])c2[2H])c2c([2H])c([2H])c3c(c2[2H])C(C([2H])([2H])[2H])(C([2H])([2H])[2H])c2c([2H])cccc2-3)c([2H])c1[2H]. The zero-order valence-corrected chi connectivity index (χ0v) is 28.8. The van der Waals surface area contributed by atoms with Gasteiger partial charge in [0.1, 0.15) is 0 Å². The highest BCUT2D eigenvalue weighted by molar-refractivity contribution is 6.04. The summed E-state index contributed by atoms with van der Waals surface area (Å²) in [6, 6.07) is -7.59. The predicted octanol–water partition coefficient (Wildman–Crippen LogP) is 15.3.